The third kappa shape index (κ3) is 3.84. The first-order chi connectivity index (χ1) is 13.7. The molecule has 0 saturated heterocycles. The summed E-state index contributed by atoms with van der Waals surface area (Å²) in [6, 6.07) is 24.6. The number of carbonyl (C=O) groups is 1. The standard InChI is InChI=1S/C23H20N4O/c24-22(18-11-9-17(10-12-18)20-14-25-26-15-20)23(28)27-21-8-4-7-19(13-21)16-5-2-1-3-6-16/h1-15,22H,24H2,(H,25,26)(H,27,28). The van der Waals surface area contributed by atoms with E-state index in [0.29, 0.717) is 0 Å². The molecule has 3 aromatic carbocycles. The molecule has 0 spiro atoms. The number of aromatic amines is 1. The maximum Gasteiger partial charge on any atom is 0.245 e. The Morgan fingerprint density at radius 3 is 2.29 bits per heavy atom. The van der Waals surface area contributed by atoms with Crippen molar-refractivity contribution in [2.24, 2.45) is 5.73 Å². The minimum Gasteiger partial charge on any atom is -0.324 e. The molecular weight excluding hydrogens is 348 g/mol. The molecule has 0 aliphatic heterocycles. The molecule has 4 N–H and O–H groups in total. The summed E-state index contributed by atoms with van der Waals surface area (Å²) in [7, 11) is 0. The lowest BCUT2D eigenvalue weighted by Crippen LogP contribution is -2.27. The minimum atomic E-state index is -0.751. The van der Waals surface area contributed by atoms with Crippen LogP contribution in [-0.4, -0.2) is 16.1 Å². The number of nitrogens with one attached hydrogen (secondary N) is 2. The molecule has 0 radical (unpaired) electrons. The molecule has 1 amide bonds. The first-order valence-corrected chi connectivity index (χ1v) is 9.02. The van der Waals surface area contributed by atoms with Gasteiger partial charge in [0, 0.05) is 17.4 Å². The third-order valence-electron chi connectivity index (χ3n) is 4.62. The number of amides is 1. The lowest BCUT2D eigenvalue weighted by Gasteiger charge is -2.14. The highest BCUT2D eigenvalue weighted by molar-refractivity contribution is 5.96. The number of anilines is 1. The van der Waals surface area contributed by atoms with Crippen LogP contribution < -0.4 is 11.1 Å². The highest BCUT2D eigenvalue weighted by Gasteiger charge is 2.16. The van der Waals surface area contributed by atoms with Crippen molar-refractivity contribution in [3.05, 3.63) is 96.8 Å². The topological polar surface area (TPSA) is 83.8 Å². The van der Waals surface area contributed by atoms with Gasteiger partial charge < -0.3 is 11.1 Å². The zero-order valence-electron chi connectivity index (χ0n) is 15.2. The van der Waals surface area contributed by atoms with E-state index in [4.69, 9.17) is 5.73 Å². The predicted molar refractivity (Wildman–Crippen MR) is 111 cm³/mol. The summed E-state index contributed by atoms with van der Waals surface area (Å²) in [4.78, 5) is 12.6. The largest absolute Gasteiger partial charge is 0.324 e. The minimum absolute atomic E-state index is 0.249. The lowest BCUT2D eigenvalue weighted by atomic mass is 10.0. The normalized spacial score (nSPS) is 11.8. The van der Waals surface area contributed by atoms with Gasteiger partial charge in [0.1, 0.15) is 6.04 Å². The summed E-state index contributed by atoms with van der Waals surface area (Å²) in [5.41, 5.74) is 11.8. The van der Waals surface area contributed by atoms with Crippen molar-refractivity contribution < 1.29 is 4.79 Å². The zero-order valence-corrected chi connectivity index (χ0v) is 15.2. The Kier molecular flexibility index (Phi) is 4.99. The van der Waals surface area contributed by atoms with Crippen LogP contribution in [0, 0.1) is 0 Å². The van der Waals surface area contributed by atoms with E-state index in [1.807, 2.05) is 85.1 Å². The number of aromatic nitrogens is 2. The molecule has 5 heteroatoms. The first kappa shape index (κ1) is 17.7. The number of hydrogen-bond acceptors (Lipinski definition) is 3. The van der Waals surface area contributed by atoms with Crippen LogP contribution in [0.2, 0.25) is 0 Å². The van der Waals surface area contributed by atoms with Crippen LogP contribution in [0.5, 0.6) is 0 Å². The molecule has 0 bridgehead atoms. The van der Waals surface area contributed by atoms with Crippen molar-refractivity contribution >= 4 is 11.6 Å². The zero-order chi connectivity index (χ0) is 19.3. The van der Waals surface area contributed by atoms with E-state index in [0.717, 1.165) is 33.5 Å². The van der Waals surface area contributed by atoms with Gasteiger partial charge >= 0.3 is 0 Å². The summed E-state index contributed by atoms with van der Waals surface area (Å²) >= 11 is 0. The summed E-state index contributed by atoms with van der Waals surface area (Å²) in [5.74, 6) is -0.249. The van der Waals surface area contributed by atoms with Crippen LogP contribution in [-0.2, 0) is 4.79 Å². The number of H-pyrrole nitrogens is 1. The van der Waals surface area contributed by atoms with E-state index >= 15 is 0 Å². The average Bonchev–Trinajstić information content (AvgIpc) is 3.29. The van der Waals surface area contributed by atoms with Crippen molar-refractivity contribution in [2.45, 2.75) is 6.04 Å². The van der Waals surface area contributed by atoms with Gasteiger partial charge in [-0.25, -0.2) is 0 Å². The Hall–Kier alpha value is -3.70. The molecule has 4 aromatic rings. The molecule has 1 atom stereocenters. The summed E-state index contributed by atoms with van der Waals surface area (Å²) in [6.45, 7) is 0. The molecule has 1 aromatic heterocycles. The Morgan fingerprint density at radius 1 is 0.857 bits per heavy atom. The number of carbonyl (C=O) groups excluding carboxylic acids is 1. The van der Waals surface area contributed by atoms with Crippen molar-refractivity contribution in [3.8, 4) is 22.3 Å². The monoisotopic (exact) mass is 368 g/mol. The number of benzene rings is 3. The average molecular weight is 368 g/mol. The number of rotatable bonds is 5. The van der Waals surface area contributed by atoms with Crippen LogP contribution in [0.25, 0.3) is 22.3 Å². The second kappa shape index (κ2) is 7.90. The van der Waals surface area contributed by atoms with E-state index in [2.05, 4.69) is 15.5 Å². The maximum atomic E-state index is 12.6. The third-order valence-corrected chi connectivity index (χ3v) is 4.62. The fourth-order valence-electron chi connectivity index (χ4n) is 3.07. The van der Waals surface area contributed by atoms with Crippen molar-refractivity contribution in [2.75, 3.05) is 5.32 Å². The highest BCUT2D eigenvalue weighted by Crippen LogP contribution is 2.24. The molecule has 0 aliphatic carbocycles. The van der Waals surface area contributed by atoms with Gasteiger partial charge in [0.2, 0.25) is 5.91 Å². The van der Waals surface area contributed by atoms with Crippen LogP contribution in [0.4, 0.5) is 5.69 Å². The van der Waals surface area contributed by atoms with Crippen LogP contribution >= 0.6 is 0 Å². The molecule has 28 heavy (non-hydrogen) atoms. The predicted octanol–water partition coefficient (Wildman–Crippen LogP) is 4.38. The van der Waals surface area contributed by atoms with Crippen LogP contribution in [0.15, 0.2) is 91.3 Å². The Labute approximate surface area is 163 Å². The van der Waals surface area contributed by atoms with Crippen LogP contribution in [0.1, 0.15) is 11.6 Å². The van der Waals surface area contributed by atoms with E-state index in [9.17, 15) is 4.79 Å². The van der Waals surface area contributed by atoms with Gasteiger partial charge in [-0.3, -0.25) is 9.89 Å². The molecular formula is C23H20N4O. The Bertz CT molecular complexity index is 1060. The van der Waals surface area contributed by atoms with Gasteiger partial charge in [-0.1, -0.05) is 66.7 Å². The first-order valence-electron chi connectivity index (χ1n) is 9.02. The lowest BCUT2D eigenvalue weighted by molar-refractivity contribution is -0.117. The maximum absolute atomic E-state index is 12.6. The summed E-state index contributed by atoms with van der Waals surface area (Å²) in [5, 5.41) is 9.65. The Balaban J connectivity index is 1.47. The molecule has 138 valence electrons. The SMILES string of the molecule is NC(C(=O)Nc1cccc(-c2ccccc2)c1)c1ccc(-c2cn[nH]c2)cc1. The van der Waals surface area contributed by atoms with Gasteiger partial charge in [-0.15, -0.1) is 0 Å². The fourth-order valence-corrected chi connectivity index (χ4v) is 3.07. The molecule has 0 fully saturated rings. The van der Waals surface area contributed by atoms with Gasteiger partial charge in [-0.2, -0.15) is 5.10 Å². The molecule has 1 unspecified atom stereocenters. The van der Waals surface area contributed by atoms with Crippen molar-refractivity contribution in [1.82, 2.24) is 10.2 Å². The van der Waals surface area contributed by atoms with Gasteiger partial charge in [-0.05, 0) is 34.4 Å². The molecule has 5 nitrogen and oxygen atoms in total. The van der Waals surface area contributed by atoms with Crippen molar-refractivity contribution in [3.63, 3.8) is 0 Å². The van der Waals surface area contributed by atoms with E-state index in [-0.39, 0.29) is 5.91 Å². The fraction of sp³-hybridized carbons (Fsp3) is 0.0435. The molecule has 0 aliphatic rings. The number of nitrogens with zero attached hydrogens (tertiary/aromatic N) is 1. The smallest absolute Gasteiger partial charge is 0.245 e. The van der Waals surface area contributed by atoms with E-state index < -0.39 is 6.04 Å². The van der Waals surface area contributed by atoms with E-state index in [1.165, 1.54) is 0 Å². The van der Waals surface area contributed by atoms with E-state index in [1.54, 1.807) is 6.20 Å². The molecule has 4 rings (SSSR count). The molecule has 0 saturated carbocycles. The number of nitrogens with two attached hydrogens (primary N) is 1. The van der Waals surface area contributed by atoms with Gasteiger partial charge in [0.25, 0.3) is 0 Å². The van der Waals surface area contributed by atoms with Gasteiger partial charge in [0.15, 0.2) is 0 Å². The second-order valence-electron chi connectivity index (χ2n) is 6.52. The number of hydrogen-bond donors (Lipinski definition) is 3. The second-order valence-corrected chi connectivity index (χ2v) is 6.52. The Morgan fingerprint density at radius 2 is 1.57 bits per heavy atom. The van der Waals surface area contributed by atoms with Crippen LogP contribution in [0.3, 0.4) is 0 Å². The summed E-state index contributed by atoms with van der Waals surface area (Å²) in [6.07, 6.45) is 3.57. The quantitative estimate of drug-likeness (QED) is 0.489. The molecule has 1 heterocycles. The highest BCUT2D eigenvalue weighted by atomic mass is 16.2. The van der Waals surface area contributed by atoms with Gasteiger partial charge in [0.05, 0.1) is 6.20 Å². The summed E-state index contributed by atoms with van der Waals surface area (Å²) < 4.78 is 0. The van der Waals surface area contributed by atoms with Crippen molar-refractivity contribution in [1.29, 1.82) is 0 Å².